The van der Waals surface area contributed by atoms with Gasteiger partial charge in [-0.2, -0.15) is 0 Å². The summed E-state index contributed by atoms with van der Waals surface area (Å²) in [5.41, 5.74) is 2.19. The van der Waals surface area contributed by atoms with E-state index < -0.39 is 0 Å². The van der Waals surface area contributed by atoms with Crippen LogP contribution in [-0.4, -0.2) is 12.1 Å². The third-order valence-electron chi connectivity index (χ3n) is 3.24. The van der Waals surface area contributed by atoms with Crippen LogP contribution in [0.1, 0.15) is 0 Å². The fourth-order valence-electron chi connectivity index (χ4n) is 2.18. The first-order chi connectivity index (χ1) is 9.69. The number of pyridine rings is 1. The molecule has 0 saturated carbocycles. The van der Waals surface area contributed by atoms with E-state index in [1.165, 1.54) is 0 Å². The van der Waals surface area contributed by atoms with Gasteiger partial charge in [-0.1, -0.05) is 23.7 Å². The minimum atomic E-state index is -0.0357. The number of aromatic nitrogens is 1. The second kappa shape index (κ2) is 5.02. The van der Waals surface area contributed by atoms with Crippen molar-refractivity contribution in [3.05, 3.63) is 63.9 Å². The minimum Gasteiger partial charge on any atom is -0.497 e. The summed E-state index contributed by atoms with van der Waals surface area (Å²) < 4.78 is 5.12. The number of methoxy groups -OCH3 is 1. The van der Waals surface area contributed by atoms with Crippen molar-refractivity contribution in [3.8, 4) is 16.9 Å². The molecule has 2 aromatic carbocycles. The van der Waals surface area contributed by atoms with Gasteiger partial charge in [0.2, 0.25) is 0 Å². The van der Waals surface area contributed by atoms with Crippen molar-refractivity contribution in [2.75, 3.05) is 7.11 Å². The van der Waals surface area contributed by atoms with Crippen molar-refractivity contribution in [1.82, 2.24) is 4.98 Å². The highest BCUT2D eigenvalue weighted by Gasteiger charge is 2.08. The average molecular weight is 286 g/mol. The maximum absolute atomic E-state index is 12.5. The summed E-state index contributed by atoms with van der Waals surface area (Å²) in [4.78, 5) is 15.7. The molecule has 0 spiro atoms. The zero-order chi connectivity index (χ0) is 14.1. The predicted octanol–water partition coefficient (Wildman–Crippen LogP) is 3.86. The number of aromatic amines is 1. The molecule has 20 heavy (non-hydrogen) atoms. The number of hydrogen-bond donors (Lipinski definition) is 1. The van der Waals surface area contributed by atoms with E-state index in [0.29, 0.717) is 16.0 Å². The van der Waals surface area contributed by atoms with E-state index in [1.807, 2.05) is 24.3 Å². The molecule has 4 heteroatoms. The van der Waals surface area contributed by atoms with Crippen molar-refractivity contribution in [1.29, 1.82) is 0 Å². The van der Waals surface area contributed by atoms with E-state index in [-0.39, 0.29) is 5.43 Å². The van der Waals surface area contributed by atoms with Gasteiger partial charge in [-0.15, -0.1) is 0 Å². The molecule has 0 radical (unpaired) electrons. The molecule has 0 atom stereocenters. The molecule has 0 fully saturated rings. The molecule has 1 N–H and O–H groups in total. The zero-order valence-electron chi connectivity index (χ0n) is 10.8. The van der Waals surface area contributed by atoms with E-state index in [2.05, 4.69) is 4.98 Å². The van der Waals surface area contributed by atoms with E-state index in [9.17, 15) is 4.79 Å². The van der Waals surface area contributed by atoms with Crippen LogP contribution in [0.4, 0.5) is 0 Å². The summed E-state index contributed by atoms with van der Waals surface area (Å²) in [5.74, 6) is 0.758. The summed E-state index contributed by atoms with van der Waals surface area (Å²) in [6, 6.07) is 12.6. The Morgan fingerprint density at radius 3 is 2.55 bits per heavy atom. The maximum atomic E-state index is 12.5. The predicted molar refractivity (Wildman–Crippen MR) is 81.6 cm³/mol. The molecule has 0 amide bonds. The van der Waals surface area contributed by atoms with Crippen molar-refractivity contribution in [3.63, 3.8) is 0 Å². The van der Waals surface area contributed by atoms with Crippen LogP contribution in [0.3, 0.4) is 0 Å². The van der Waals surface area contributed by atoms with Crippen molar-refractivity contribution in [2.45, 2.75) is 0 Å². The van der Waals surface area contributed by atoms with E-state index >= 15 is 0 Å². The van der Waals surface area contributed by atoms with Gasteiger partial charge in [0.1, 0.15) is 5.75 Å². The second-order valence-electron chi connectivity index (χ2n) is 4.45. The lowest BCUT2D eigenvalue weighted by Gasteiger charge is -2.05. The highest BCUT2D eigenvalue weighted by molar-refractivity contribution is 6.31. The molecule has 0 unspecified atom stereocenters. The summed E-state index contributed by atoms with van der Waals surface area (Å²) in [6.07, 6.45) is 1.72. The first-order valence-corrected chi connectivity index (χ1v) is 6.52. The highest BCUT2D eigenvalue weighted by atomic mass is 35.5. The largest absolute Gasteiger partial charge is 0.497 e. The van der Waals surface area contributed by atoms with Crippen molar-refractivity contribution in [2.24, 2.45) is 0 Å². The van der Waals surface area contributed by atoms with Gasteiger partial charge in [-0.05, 0) is 35.9 Å². The molecule has 0 aliphatic heterocycles. The number of rotatable bonds is 2. The summed E-state index contributed by atoms with van der Waals surface area (Å²) in [5, 5.41) is 1.14. The Labute approximate surface area is 120 Å². The third kappa shape index (κ3) is 2.17. The molecule has 1 aromatic heterocycles. The van der Waals surface area contributed by atoms with Crippen molar-refractivity contribution >= 4 is 22.5 Å². The Morgan fingerprint density at radius 2 is 1.85 bits per heavy atom. The molecule has 3 aromatic rings. The lowest BCUT2D eigenvalue weighted by molar-refractivity contribution is 0.415. The van der Waals surface area contributed by atoms with Gasteiger partial charge < -0.3 is 9.72 Å². The average Bonchev–Trinajstić information content (AvgIpc) is 2.48. The highest BCUT2D eigenvalue weighted by Crippen LogP contribution is 2.22. The number of nitrogens with one attached hydrogen (secondary N) is 1. The molecule has 0 bridgehead atoms. The number of benzene rings is 2. The Kier molecular flexibility index (Phi) is 3.20. The lowest BCUT2D eigenvalue weighted by Crippen LogP contribution is -2.06. The van der Waals surface area contributed by atoms with Gasteiger partial charge in [0.15, 0.2) is 5.43 Å². The topological polar surface area (TPSA) is 42.1 Å². The smallest absolute Gasteiger partial charge is 0.197 e. The number of halogens is 1. The summed E-state index contributed by atoms with van der Waals surface area (Å²) in [7, 11) is 1.61. The van der Waals surface area contributed by atoms with Crippen LogP contribution in [0.2, 0.25) is 5.02 Å². The van der Waals surface area contributed by atoms with Crippen LogP contribution in [0.5, 0.6) is 5.75 Å². The molecule has 3 rings (SSSR count). The molecule has 0 aliphatic rings. The van der Waals surface area contributed by atoms with Gasteiger partial charge in [-0.25, -0.2) is 0 Å². The summed E-state index contributed by atoms with van der Waals surface area (Å²) >= 11 is 5.96. The van der Waals surface area contributed by atoms with Crippen molar-refractivity contribution < 1.29 is 4.74 Å². The normalized spacial score (nSPS) is 10.7. The van der Waals surface area contributed by atoms with Gasteiger partial charge in [0.05, 0.1) is 7.11 Å². The number of H-pyrrole nitrogens is 1. The Bertz CT molecular complexity index is 822. The van der Waals surface area contributed by atoms with Crippen LogP contribution in [0, 0.1) is 0 Å². The van der Waals surface area contributed by atoms with Gasteiger partial charge in [0.25, 0.3) is 0 Å². The summed E-state index contributed by atoms with van der Waals surface area (Å²) in [6.45, 7) is 0. The van der Waals surface area contributed by atoms with Gasteiger partial charge in [0, 0.05) is 27.7 Å². The fourth-order valence-corrected chi connectivity index (χ4v) is 2.35. The third-order valence-corrected chi connectivity index (χ3v) is 3.48. The van der Waals surface area contributed by atoms with Crippen LogP contribution in [0.15, 0.2) is 53.5 Å². The molecular formula is C16H12ClNO2. The zero-order valence-corrected chi connectivity index (χ0v) is 11.6. The molecule has 1 heterocycles. The monoisotopic (exact) mass is 285 g/mol. The quantitative estimate of drug-likeness (QED) is 0.777. The lowest BCUT2D eigenvalue weighted by atomic mass is 10.0. The van der Waals surface area contributed by atoms with Gasteiger partial charge >= 0.3 is 0 Å². The molecule has 0 saturated heterocycles. The first kappa shape index (κ1) is 12.8. The molecule has 0 aliphatic carbocycles. The van der Waals surface area contributed by atoms with Crippen LogP contribution in [-0.2, 0) is 0 Å². The van der Waals surface area contributed by atoms with Crippen LogP contribution >= 0.6 is 11.6 Å². The van der Waals surface area contributed by atoms with E-state index in [4.69, 9.17) is 16.3 Å². The standard InChI is InChI=1S/C16H12ClNO2/c1-20-12-5-2-10(3-6-12)14-9-18-15-7-4-11(17)8-13(15)16(14)19/h2-9H,1H3,(H,18,19). The molecular weight excluding hydrogens is 274 g/mol. The van der Waals surface area contributed by atoms with Crippen LogP contribution < -0.4 is 10.2 Å². The Balaban J connectivity index is 2.20. The number of hydrogen-bond acceptors (Lipinski definition) is 2. The maximum Gasteiger partial charge on any atom is 0.197 e. The van der Waals surface area contributed by atoms with E-state index in [1.54, 1.807) is 31.5 Å². The Hall–Kier alpha value is -2.26. The first-order valence-electron chi connectivity index (χ1n) is 6.14. The van der Waals surface area contributed by atoms with E-state index in [0.717, 1.165) is 16.8 Å². The van der Waals surface area contributed by atoms with Crippen LogP contribution in [0.25, 0.3) is 22.0 Å². The fraction of sp³-hybridized carbons (Fsp3) is 0.0625. The minimum absolute atomic E-state index is 0.0357. The molecule has 3 nitrogen and oxygen atoms in total. The number of ether oxygens (including phenoxy) is 1. The molecule has 100 valence electrons. The Morgan fingerprint density at radius 1 is 1.10 bits per heavy atom. The SMILES string of the molecule is COc1ccc(-c2c[nH]c3ccc(Cl)cc3c2=O)cc1. The van der Waals surface area contributed by atoms with Gasteiger partial charge in [-0.3, -0.25) is 4.79 Å². The number of fused-ring (bicyclic) bond motifs is 1. The second-order valence-corrected chi connectivity index (χ2v) is 4.89.